The summed E-state index contributed by atoms with van der Waals surface area (Å²) in [6.45, 7) is 3.58. The number of carbonyl (C=O) groups excluding carboxylic acids is 1. The monoisotopic (exact) mass is 413 g/mol. The van der Waals surface area contributed by atoms with E-state index >= 15 is 0 Å². The van der Waals surface area contributed by atoms with Gasteiger partial charge in [0.25, 0.3) is 0 Å². The van der Waals surface area contributed by atoms with Crippen LogP contribution in [0.1, 0.15) is 42.1 Å². The summed E-state index contributed by atoms with van der Waals surface area (Å²) < 4.78 is 11.8. The number of nitrogens with two attached hydrogens (primary N) is 1. The number of ether oxygens (including phenoxy) is 2. The molecule has 0 atom stereocenters. The molecule has 162 valence electrons. The molecule has 0 spiro atoms. The Balaban J connectivity index is 0.00000101. The van der Waals surface area contributed by atoms with Crippen LogP contribution in [0.4, 0.5) is 11.8 Å². The number of fused-ring (bicyclic) bond motifs is 1. The van der Waals surface area contributed by atoms with E-state index in [0.29, 0.717) is 17.9 Å². The van der Waals surface area contributed by atoms with Crippen molar-refractivity contribution >= 4 is 29.1 Å². The molecule has 8 heteroatoms. The van der Waals surface area contributed by atoms with Gasteiger partial charge < -0.3 is 25.1 Å². The van der Waals surface area contributed by atoms with Crippen LogP contribution < -0.4 is 15.8 Å². The number of unbranched alkanes of at least 4 members (excludes halogenated alkanes) is 2. The van der Waals surface area contributed by atoms with Gasteiger partial charge in [-0.1, -0.05) is 31.9 Å². The highest BCUT2D eigenvalue weighted by atomic mass is 16.5. The number of methoxy groups -OCH3 is 2. The average Bonchev–Trinajstić information content (AvgIpc) is 3.14. The minimum Gasteiger partial charge on any atom is -0.496 e. The highest BCUT2D eigenvalue weighted by Gasteiger charge is 2.13. The normalized spacial score (nSPS) is 10.4. The molecule has 2 aromatic heterocycles. The molecule has 3 aromatic rings. The maximum Gasteiger partial charge on any atom is 0.222 e. The number of nitrogen functional groups attached to an aromatic ring is 1. The molecule has 0 aliphatic rings. The Morgan fingerprint density at radius 1 is 1.17 bits per heavy atom. The van der Waals surface area contributed by atoms with E-state index in [4.69, 9.17) is 10.5 Å². The Bertz CT molecular complexity index is 955. The van der Waals surface area contributed by atoms with Gasteiger partial charge in [0.1, 0.15) is 17.6 Å². The van der Waals surface area contributed by atoms with Crippen molar-refractivity contribution in [2.45, 2.75) is 32.7 Å². The maximum atomic E-state index is 11.0. The molecule has 0 radical (unpaired) electrons. The van der Waals surface area contributed by atoms with Crippen LogP contribution >= 0.6 is 0 Å². The zero-order chi connectivity index (χ0) is 21.9. The van der Waals surface area contributed by atoms with Crippen molar-refractivity contribution in [2.24, 2.45) is 0 Å². The molecule has 30 heavy (non-hydrogen) atoms. The topological polar surface area (TPSA) is 104 Å². The summed E-state index contributed by atoms with van der Waals surface area (Å²) in [5, 5.41) is 3.39. The Morgan fingerprint density at radius 3 is 2.60 bits per heavy atom. The summed E-state index contributed by atoms with van der Waals surface area (Å²) in [6, 6.07) is 7.36. The first-order valence-corrected chi connectivity index (χ1v) is 9.96. The first kappa shape index (κ1) is 23.2. The molecule has 0 saturated heterocycles. The van der Waals surface area contributed by atoms with Gasteiger partial charge in [-0.25, -0.2) is 4.98 Å². The quantitative estimate of drug-likeness (QED) is 0.407. The molecule has 0 bridgehead atoms. The fraction of sp³-hybridized carbons (Fsp3) is 0.409. The summed E-state index contributed by atoms with van der Waals surface area (Å²) in [4.78, 5) is 19.7. The SMILES string of the molecule is CCCCCNc1nc(N)nc2ccn(Cc3ccc(C=O)cc3OC)c12.COC. The molecular formula is C22H31N5O3. The third kappa shape index (κ3) is 5.93. The van der Waals surface area contributed by atoms with E-state index in [0.717, 1.165) is 54.5 Å². The molecule has 0 amide bonds. The molecular weight excluding hydrogens is 382 g/mol. The average molecular weight is 414 g/mol. The van der Waals surface area contributed by atoms with Crippen LogP contribution in [-0.2, 0) is 11.3 Å². The van der Waals surface area contributed by atoms with E-state index in [2.05, 4.69) is 31.5 Å². The molecule has 8 nitrogen and oxygen atoms in total. The fourth-order valence-electron chi connectivity index (χ4n) is 3.11. The van der Waals surface area contributed by atoms with Crippen LogP contribution in [0.25, 0.3) is 11.0 Å². The van der Waals surface area contributed by atoms with Crippen molar-refractivity contribution in [1.29, 1.82) is 0 Å². The van der Waals surface area contributed by atoms with Gasteiger partial charge in [-0.3, -0.25) is 4.79 Å². The van der Waals surface area contributed by atoms with Gasteiger partial charge >= 0.3 is 0 Å². The van der Waals surface area contributed by atoms with E-state index in [1.807, 2.05) is 18.3 Å². The minimum atomic E-state index is 0.256. The number of benzene rings is 1. The third-order valence-electron chi connectivity index (χ3n) is 4.49. The first-order chi connectivity index (χ1) is 14.6. The molecule has 2 heterocycles. The predicted molar refractivity (Wildman–Crippen MR) is 120 cm³/mol. The molecule has 1 aromatic carbocycles. The van der Waals surface area contributed by atoms with Crippen LogP contribution in [0.15, 0.2) is 30.5 Å². The number of rotatable bonds is 9. The minimum absolute atomic E-state index is 0.256. The van der Waals surface area contributed by atoms with Gasteiger partial charge in [-0.15, -0.1) is 0 Å². The Morgan fingerprint density at radius 2 is 1.93 bits per heavy atom. The molecule has 0 saturated carbocycles. The van der Waals surface area contributed by atoms with Gasteiger partial charge in [0.2, 0.25) is 5.95 Å². The zero-order valence-corrected chi connectivity index (χ0v) is 18.1. The lowest BCUT2D eigenvalue weighted by atomic mass is 10.1. The second-order valence-corrected chi connectivity index (χ2v) is 6.84. The first-order valence-electron chi connectivity index (χ1n) is 9.96. The van der Waals surface area contributed by atoms with Crippen molar-refractivity contribution < 1.29 is 14.3 Å². The fourth-order valence-corrected chi connectivity index (χ4v) is 3.11. The van der Waals surface area contributed by atoms with Gasteiger partial charge in [-0.2, -0.15) is 4.98 Å². The number of nitrogens with one attached hydrogen (secondary N) is 1. The van der Waals surface area contributed by atoms with Crippen LogP contribution in [0.5, 0.6) is 5.75 Å². The van der Waals surface area contributed by atoms with E-state index in [1.54, 1.807) is 33.5 Å². The molecule has 0 fully saturated rings. The van der Waals surface area contributed by atoms with Crippen molar-refractivity contribution in [2.75, 3.05) is 38.9 Å². The van der Waals surface area contributed by atoms with Crippen molar-refractivity contribution in [3.8, 4) is 5.75 Å². The maximum absolute atomic E-state index is 11.0. The Kier molecular flexibility index (Phi) is 9.08. The summed E-state index contributed by atoms with van der Waals surface area (Å²) in [7, 11) is 4.85. The molecule has 0 aliphatic heterocycles. The van der Waals surface area contributed by atoms with Crippen molar-refractivity contribution in [3.05, 3.63) is 41.6 Å². The van der Waals surface area contributed by atoms with Gasteiger partial charge in [0.15, 0.2) is 5.82 Å². The molecule has 3 N–H and O–H groups in total. The standard InChI is InChI=1S/C20H25N5O2.C2H6O/c1-3-4-5-9-22-19-18-16(23-20(21)24-19)8-10-25(18)12-15-7-6-14(13-26)11-17(15)27-2;1-3-2/h6-8,10-11,13H,3-5,9,12H2,1-2H3,(H3,21,22,23,24);1-2H3. The van der Waals surface area contributed by atoms with Gasteiger partial charge in [0.05, 0.1) is 19.2 Å². The van der Waals surface area contributed by atoms with Gasteiger partial charge in [0, 0.05) is 38.1 Å². The molecule has 0 unspecified atom stereocenters. The highest BCUT2D eigenvalue weighted by Crippen LogP contribution is 2.26. The van der Waals surface area contributed by atoms with E-state index in [-0.39, 0.29) is 5.95 Å². The summed E-state index contributed by atoms with van der Waals surface area (Å²) in [6.07, 6.45) is 6.17. The Hall–Kier alpha value is -3.13. The largest absolute Gasteiger partial charge is 0.496 e. The number of carbonyl (C=O) groups is 1. The second kappa shape index (κ2) is 11.8. The number of hydrogen-bond acceptors (Lipinski definition) is 7. The number of aldehydes is 1. The number of anilines is 2. The Labute approximate surface area is 177 Å². The van der Waals surface area contributed by atoms with Crippen LogP contribution in [0, 0.1) is 0 Å². The third-order valence-corrected chi connectivity index (χ3v) is 4.49. The summed E-state index contributed by atoms with van der Waals surface area (Å²) >= 11 is 0. The van der Waals surface area contributed by atoms with E-state index < -0.39 is 0 Å². The summed E-state index contributed by atoms with van der Waals surface area (Å²) in [5.74, 6) is 1.67. The van der Waals surface area contributed by atoms with Crippen molar-refractivity contribution in [1.82, 2.24) is 14.5 Å². The van der Waals surface area contributed by atoms with E-state index in [1.165, 1.54) is 0 Å². The second-order valence-electron chi connectivity index (χ2n) is 6.84. The van der Waals surface area contributed by atoms with Crippen LogP contribution in [-0.4, -0.2) is 48.7 Å². The highest BCUT2D eigenvalue weighted by molar-refractivity contribution is 5.87. The predicted octanol–water partition coefficient (Wildman–Crippen LogP) is 3.75. The lowest BCUT2D eigenvalue weighted by molar-refractivity contribution is 0.112. The van der Waals surface area contributed by atoms with Crippen molar-refractivity contribution in [3.63, 3.8) is 0 Å². The number of aromatic nitrogens is 3. The smallest absolute Gasteiger partial charge is 0.222 e. The lowest BCUT2D eigenvalue weighted by Crippen LogP contribution is -2.09. The van der Waals surface area contributed by atoms with Crippen LogP contribution in [0.2, 0.25) is 0 Å². The summed E-state index contributed by atoms with van der Waals surface area (Å²) in [5.41, 5.74) is 9.12. The molecule has 0 aliphatic carbocycles. The molecule has 3 rings (SSSR count). The zero-order valence-electron chi connectivity index (χ0n) is 18.1. The van der Waals surface area contributed by atoms with Crippen LogP contribution in [0.3, 0.4) is 0 Å². The number of nitrogens with zero attached hydrogens (tertiary/aromatic N) is 3. The van der Waals surface area contributed by atoms with Gasteiger partial charge in [-0.05, 0) is 18.6 Å². The lowest BCUT2D eigenvalue weighted by Gasteiger charge is -2.13. The van der Waals surface area contributed by atoms with E-state index in [9.17, 15) is 4.79 Å². The number of hydrogen-bond donors (Lipinski definition) is 2.